The van der Waals surface area contributed by atoms with E-state index in [4.69, 9.17) is 4.98 Å². The number of pyridine rings is 1. The van der Waals surface area contributed by atoms with Crippen LogP contribution in [0, 0.1) is 0 Å². The first-order chi connectivity index (χ1) is 12.3. The summed E-state index contributed by atoms with van der Waals surface area (Å²) in [5, 5.41) is 18.7. The zero-order valence-electron chi connectivity index (χ0n) is 15.4. The van der Waals surface area contributed by atoms with Gasteiger partial charge in [-0.3, -0.25) is 9.48 Å². The number of nitrogens with one attached hydrogen (secondary N) is 1. The number of aromatic hydroxyl groups is 1. The molecular weight excluding hydrogens is 328 g/mol. The number of fused-ring (bicyclic) bond motifs is 2. The van der Waals surface area contributed by atoms with Gasteiger partial charge in [-0.25, -0.2) is 4.98 Å². The van der Waals surface area contributed by atoms with E-state index >= 15 is 0 Å². The number of carbonyl (C=O) groups is 1. The van der Waals surface area contributed by atoms with Gasteiger partial charge in [-0.05, 0) is 12.1 Å². The maximum absolute atomic E-state index is 12.3. The third-order valence-electron chi connectivity index (χ3n) is 4.87. The molecule has 1 aliphatic heterocycles. The molecule has 1 atom stereocenters. The van der Waals surface area contributed by atoms with Crippen LogP contribution in [0.25, 0.3) is 10.9 Å². The lowest BCUT2D eigenvalue weighted by Gasteiger charge is -2.26. The first-order valence-electron chi connectivity index (χ1n) is 8.71. The van der Waals surface area contributed by atoms with Crippen LogP contribution in [-0.4, -0.2) is 25.8 Å². The molecule has 3 aromatic rings. The number of hydrogen-bond donors (Lipinski definition) is 2. The predicted octanol–water partition coefficient (Wildman–Crippen LogP) is 3.45. The van der Waals surface area contributed by atoms with Gasteiger partial charge in [0.05, 0.1) is 5.69 Å². The van der Waals surface area contributed by atoms with Gasteiger partial charge >= 0.3 is 0 Å². The molecule has 6 heteroatoms. The maximum Gasteiger partial charge on any atom is 0.226 e. The van der Waals surface area contributed by atoms with Crippen molar-refractivity contribution in [3.63, 3.8) is 0 Å². The fraction of sp³-hybridized carbons (Fsp3) is 0.350. The topological polar surface area (TPSA) is 80.0 Å². The van der Waals surface area contributed by atoms with Crippen LogP contribution in [0.2, 0.25) is 0 Å². The number of benzene rings is 1. The Kier molecular flexibility index (Phi) is 3.54. The molecule has 2 aromatic heterocycles. The lowest BCUT2D eigenvalue weighted by Crippen LogP contribution is -2.26. The number of aromatic nitrogens is 3. The second kappa shape index (κ2) is 5.56. The number of carbonyl (C=O) groups excluding carboxylic acids is 1. The Labute approximate surface area is 151 Å². The standard InChI is InChI=1S/C20H22N4O2/c1-20(2,3)18-16-12(10-15(26)22-19(16)24(4)23-18)13-9-8-11-6-5-7-14(25)17(11)21-13/h5-9,12,25H,10H2,1-4H3,(H,22,26)/t12-/m1/s1. The summed E-state index contributed by atoms with van der Waals surface area (Å²) in [4.78, 5) is 17.0. The average molecular weight is 350 g/mol. The highest BCUT2D eigenvalue weighted by Crippen LogP contribution is 2.42. The quantitative estimate of drug-likeness (QED) is 0.704. The molecule has 1 aliphatic rings. The molecule has 0 saturated carbocycles. The van der Waals surface area contributed by atoms with E-state index < -0.39 is 0 Å². The van der Waals surface area contributed by atoms with E-state index in [2.05, 4.69) is 31.2 Å². The van der Waals surface area contributed by atoms with Gasteiger partial charge in [0.1, 0.15) is 17.1 Å². The highest BCUT2D eigenvalue weighted by Gasteiger charge is 2.37. The minimum atomic E-state index is -0.189. The van der Waals surface area contributed by atoms with Gasteiger partial charge in [0.15, 0.2) is 0 Å². The summed E-state index contributed by atoms with van der Waals surface area (Å²) in [6, 6.07) is 9.22. The van der Waals surface area contributed by atoms with Crippen LogP contribution in [0.3, 0.4) is 0 Å². The van der Waals surface area contributed by atoms with Crippen LogP contribution in [-0.2, 0) is 17.3 Å². The summed E-state index contributed by atoms with van der Waals surface area (Å²) in [7, 11) is 1.84. The van der Waals surface area contributed by atoms with E-state index in [0.717, 1.165) is 28.2 Å². The number of rotatable bonds is 1. The number of para-hydroxylation sites is 1. The molecule has 6 nitrogen and oxygen atoms in total. The molecule has 2 N–H and O–H groups in total. The average Bonchev–Trinajstić information content (AvgIpc) is 2.91. The van der Waals surface area contributed by atoms with E-state index in [1.54, 1.807) is 16.8 Å². The molecule has 0 bridgehead atoms. The maximum atomic E-state index is 12.3. The van der Waals surface area contributed by atoms with Gasteiger partial charge in [0.25, 0.3) is 0 Å². The first-order valence-corrected chi connectivity index (χ1v) is 8.71. The number of amides is 1. The van der Waals surface area contributed by atoms with Gasteiger partial charge < -0.3 is 10.4 Å². The molecule has 134 valence electrons. The Morgan fingerprint density at radius 3 is 2.73 bits per heavy atom. The molecular formula is C20H22N4O2. The first kappa shape index (κ1) is 16.6. The summed E-state index contributed by atoms with van der Waals surface area (Å²) in [6.45, 7) is 6.34. The van der Waals surface area contributed by atoms with Crippen molar-refractivity contribution in [2.75, 3.05) is 5.32 Å². The smallest absolute Gasteiger partial charge is 0.226 e. The molecule has 4 rings (SSSR count). The van der Waals surface area contributed by atoms with Crippen LogP contribution in [0.1, 0.15) is 50.1 Å². The summed E-state index contributed by atoms with van der Waals surface area (Å²) in [5.41, 5.74) is 3.14. The number of nitrogens with zero attached hydrogens (tertiary/aromatic N) is 3. The van der Waals surface area contributed by atoms with Gasteiger partial charge in [-0.2, -0.15) is 5.10 Å². The Hall–Kier alpha value is -2.89. The molecule has 1 aromatic carbocycles. The zero-order chi connectivity index (χ0) is 18.6. The lowest BCUT2D eigenvalue weighted by molar-refractivity contribution is -0.116. The van der Waals surface area contributed by atoms with E-state index in [1.165, 1.54) is 0 Å². The Morgan fingerprint density at radius 1 is 1.23 bits per heavy atom. The molecule has 0 spiro atoms. The number of phenols is 1. The summed E-state index contributed by atoms with van der Waals surface area (Å²) in [6.07, 6.45) is 0.313. The molecule has 0 fully saturated rings. The monoisotopic (exact) mass is 350 g/mol. The molecule has 0 radical (unpaired) electrons. The Morgan fingerprint density at radius 2 is 2.00 bits per heavy atom. The summed E-state index contributed by atoms with van der Waals surface area (Å²) >= 11 is 0. The van der Waals surface area contributed by atoms with Crippen molar-refractivity contribution in [3.05, 3.63) is 47.3 Å². The second-order valence-electron chi connectivity index (χ2n) is 7.87. The minimum absolute atomic E-state index is 0.0508. The second-order valence-corrected chi connectivity index (χ2v) is 7.87. The van der Waals surface area contributed by atoms with Crippen molar-refractivity contribution in [3.8, 4) is 5.75 Å². The van der Waals surface area contributed by atoms with Gasteiger partial charge in [-0.1, -0.05) is 39.0 Å². The van der Waals surface area contributed by atoms with Crippen molar-refractivity contribution in [2.45, 2.75) is 38.5 Å². The van der Waals surface area contributed by atoms with Crippen molar-refractivity contribution >= 4 is 22.6 Å². The SMILES string of the molecule is Cn1nc(C(C)(C)C)c2c1NC(=O)C[C@@H]2c1ccc2cccc(O)c2n1. The third-order valence-corrected chi connectivity index (χ3v) is 4.87. The summed E-state index contributed by atoms with van der Waals surface area (Å²) in [5.74, 6) is 0.637. The number of anilines is 1. The zero-order valence-corrected chi connectivity index (χ0v) is 15.4. The fourth-order valence-corrected chi connectivity index (χ4v) is 3.64. The Balaban J connectivity index is 1.94. The third kappa shape index (κ3) is 2.53. The number of aryl methyl sites for hydroxylation is 1. The molecule has 0 aliphatic carbocycles. The van der Waals surface area contributed by atoms with E-state index in [1.807, 2.05) is 25.2 Å². The van der Waals surface area contributed by atoms with Gasteiger partial charge in [0, 0.05) is 41.4 Å². The van der Waals surface area contributed by atoms with E-state index in [-0.39, 0.29) is 23.0 Å². The fourth-order valence-electron chi connectivity index (χ4n) is 3.64. The molecule has 3 heterocycles. The van der Waals surface area contributed by atoms with Crippen LogP contribution >= 0.6 is 0 Å². The van der Waals surface area contributed by atoms with Gasteiger partial charge in [-0.15, -0.1) is 0 Å². The summed E-state index contributed by atoms with van der Waals surface area (Å²) < 4.78 is 1.73. The molecule has 0 saturated heterocycles. The van der Waals surface area contributed by atoms with Crippen LogP contribution in [0.4, 0.5) is 5.82 Å². The highest BCUT2D eigenvalue weighted by atomic mass is 16.3. The number of phenolic OH excluding ortho intramolecular Hbond substituents is 1. The van der Waals surface area contributed by atoms with Crippen molar-refractivity contribution in [2.24, 2.45) is 7.05 Å². The normalized spacial score (nSPS) is 17.2. The molecule has 1 amide bonds. The largest absolute Gasteiger partial charge is 0.506 e. The van der Waals surface area contributed by atoms with Crippen LogP contribution in [0.15, 0.2) is 30.3 Å². The van der Waals surface area contributed by atoms with Crippen molar-refractivity contribution in [1.82, 2.24) is 14.8 Å². The van der Waals surface area contributed by atoms with Crippen molar-refractivity contribution in [1.29, 1.82) is 0 Å². The van der Waals surface area contributed by atoms with E-state index in [0.29, 0.717) is 11.9 Å². The highest BCUT2D eigenvalue weighted by molar-refractivity contribution is 5.95. The Bertz CT molecular complexity index is 1030. The lowest BCUT2D eigenvalue weighted by atomic mass is 9.81. The van der Waals surface area contributed by atoms with Crippen LogP contribution in [0.5, 0.6) is 5.75 Å². The minimum Gasteiger partial charge on any atom is -0.506 e. The van der Waals surface area contributed by atoms with Gasteiger partial charge in [0.2, 0.25) is 5.91 Å². The van der Waals surface area contributed by atoms with Crippen molar-refractivity contribution < 1.29 is 9.90 Å². The van der Waals surface area contributed by atoms with E-state index in [9.17, 15) is 9.90 Å². The molecule has 26 heavy (non-hydrogen) atoms. The predicted molar refractivity (Wildman–Crippen MR) is 100 cm³/mol. The van der Waals surface area contributed by atoms with Crippen LogP contribution < -0.4 is 5.32 Å². The number of hydrogen-bond acceptors (Lipinski definition) is 4. The molecule has 0 unspecified atom stereocenters.